The number of amides is 1. The Morgan fingerprint density at radius 2 is 2.33 bits per heavy atom. The summed E-state index contributed by atoms with van der Waals surface area (Å²) < 4.78 is 5.87. The van der Waals surface area contributed by atoms with E-state index in [1.54, 1.807) is 18.1 Å². The fourth-order valence-corrected chi connectivity index (χ4v) is 1.91. The van der Waals surface area contributed by atoms with Gasteiger partial charge in [-0.25, -0.2) is 4.98 Å². The molecular formula is C11H12N2O2. The van der Waals surface area contributed by atoms with Crippen molar-refractivity contribution in [2.75, 3.05) is 11.9 Å². The van der Waals surface area contributed by atoms with Gasteiger partial charge in [0.15, 0.2) is 11.6 Å². The van der Waals surface area contributed by atoms with Crippen LogP contribution >= 0.6 is 0 Å². The van der Waals surface area contributed by atoms with Crippen LogP contribution in [0, 0.1) is 0 Å². The van der Waals surface area contributed by atoms with Crippen molar-refractivity contribution in [2.45, 2.75) is 24.9 Å². The SMILES string of the molecule is CN1C(=O)CC2(CC2)Oc2cccnc21. The molecule has 1 aliphatic heterocycles. The molecule has 2 aliphatic rings. The van der Waals surface area contributed by atoms with Gasteiger partial charge in [0.25, 0.3) is 0 Å². The summed E-state index contributed by atoms with van der Waals surface area (Å²) in [6.45, 7) is 0. The first kappa shape index (κ1) is 8.71. The Balaban J connectivity index is 2.09. The Bertz CT molecular complexity index is 426. The maximum absolute atomic E-state index is 11.8. The van der Waals surface area contributed by atoms with Gasteiger partial charge in [-0.05, 0) is 25.0 Å². The van der Waals surface area contributed by atoms with E-state index in [1.807, 2.05) is 12.1 Å². The Hall–Kier alpha value is -1.58. The summed E-state index contributed by atoms with van der Waals surface area (Å²) in [5.41, 5.74) is -0.223. The maximum Gasteiger partial charge on any atom is 0.232 e. The third kappa shape index (κ3) is 1.28. The predicted octanol–water partition coefficient (Wildman–Crippen LogP) is 1.36. The third-order valence-electron chi connectivity index (χ3n) is 3.05. The highest BCUT2D eigenvalue weighted by Crippen LogP contribution is 2.47. The van der Waals surface area contributed by atoms with Gasteiger partial charge in [0, 0.05) is 13.2 Å². The quantitative estimate of drug-likeness (QED) is 0.640. The highest BCUT2D eigenvalue weighted by Gasteiger charge is 2.50. The number of anilines is 1. The molecule has 0 atom stereocenters. The Morgan fingerprint density at radius 1 is 1.53 bits per heavy atom. The molecule has 1 fully saturated rings. The standard InChI is InChI=1S/C11H12N2O2/c1-13-9(14)7-11(4-5-11)15-8-3-2-6-12-10(8)13/h2-3,6H,4-5,7H2,1H3. The van der Waals surface area contributed by atoms with Gasteiger partial charge in [-0.3, -0.25) is 9.69 Å². The number of pyridine rings is 1. The van der Waals surface area contributed by atoms with Gasteiger partial charge in [0.1, 0.15) is 5.60 Å². The normalized spacial score (nSPS) is 21.9. The van der Waals surface area contributed by atoms with Crippen LogP contribution in [-0.4, -0.2) is 23.5 Å². The van der Waals surface area contributed by atoms with Crippen molar-refractivity contribution in [3.8, 4) is 5.75 Å². The van der Waals surface area contributed by atoms with E-state index >= 15 is 0 Å². The lowest BCUT2D eigenvalue weighted by Gasteiger charge is -2.14. The molecule has 3 rings (SSSR count). The van der Waals surface area contributed by atoms with Crippen LogP contribution in [0.3, 0.4) is 0 Å². The van der Waals surface area contributed by atoms with Crippen molar-refractivity contribution in [1.29, 1.82) is 0 Å². The molecule has 0 N–H and O–H groups in total. The Morgan fingerprint density at radius 3 is 3.07 bits per heavy atom. The molecule has 0 radical (unpaired) electrons. The van der Waals surface area contributed by atoms with Crippen LogP contribution in [0.2, 0.25) is 0 Å². The molecule has 1 spiro atoms. The first-order valence-electron chi connectivity index (χ1n) is 5.11. The summed E-state index contributed by atoms with van der Waals surface area (Å²) in [7, 11) is 1.75. The number of carbonyl (C=O) groups is 1. The molecular weight excluding hydrogens is 192 g/mol. The van der Waals surface area contributed by atoms with Crippen molar-refractivity contribution in [3.05, 3.63) is 18.3 Å². The number of rotatable bonds is 0. The molecule has 1 aliphatic carbocycles. The molecule has 0 saturated heterocycles. The van der Waals surface area contributed by atoms with Crippen LogP contribution in [0.25, 0.3) is 0 Å². The minimum Gasteiger partial charge on any atom is -0.483 e. The minimum atomic E-state index is -0.223. The van der Waals surface area contributed by atoms with Gasteiger partial charge in [0.2, 0.25) is 5.91 Å². The molecule has 0 unspecified atom stereocenters. The van der Waals surface area contributed by atoms with Gasteiger partial charge < -0.3 is 4.74 Å². The topological polar surface area (TPSA) is 42.4 Å². The van der Waals surface area contributed by atoms with E-state index in [9.17, 15) is 4.79 Å². The van der Waals surface area contributed by atoms with E-state index in [2.05, 4.69) is 4.98 Å². The summed E-state index contributed by atoms with van der Waals surface area (Å²) in [4.78, 5) is 17.6. The van der Waals surface area contributed by atoms with Gasteiger partial charge in [-0.15, -0.1) is 0 Å². The van der Waals surface area contributed by atoms with E-state index in [4.69, 9.17) is 4.74 Å². The number of aromatic nitrogens is 1. The zero-order valence-corrected chi connectivity index (χ0v) is 8.56. The van der Waals surface area contributed by atoms with Crippen LogP contribution in [0.15, 0.2) is 18.3 Å². The second-order valence-electron chi connectivity index (χ2n) is 4.24. The molecule has 0 aromatic carbocycles. The lowest BCUT2D eigenvalue weighted by atomic mass is 10.2. The number of nitrogens with zero attached hydrogens (tertiary/aromatic N) is 2. The lowest BCUT2D eigenvalue weighted by Crippen LogP contribution is -2.29. The molecule has 4 heteroatoms. The molecule has 15 heavy (non-hydrogen) atoms. The Kier molecular flexibility index (Phi) is 1.58. The van der Waals surface area contributed by atoms with Crippen LogP contribution < -0.4 is 9.64 Å². The molecule has 1 saturated carbocycles. The molecule has 1 aromatic heterocycles. The monoisotopic (exact) mass is 204 g/mol. The van der Waals surface area contributed by atoms with Crippen LogP contribution in [0.5, 0.6) is 5.75 Å². The van der Waals surface area contributed by atoms with Crippen molar-refractivity contribution in [1.82, 2.24) is 4.98 Å². The van der Waals surface area contributed by atoms with E-state index in [1.165, 1.54) is 0 Å². The molecule has 2 heterocycles. The average Bonchev–Trinajstić information content (AvgIpc) is 2.98. The summed E-state index contributed by atoms with van der Waals surface area (Å²) >= 11 is 0. The van der Waals surface area contributed by atoms with Crippen molar-refractivity contribution >= 4 is 11.7 Å². The maximum atomic E-state index is 11.8. The second-order valence-corrected chi connectivity index (χ2v) is 4.24. The number of fused-ring (bicyclic) bond motifs is 1. The van der Waals surface area contributed by atoms with E-state index in [0.717, 1.165) is 18.6 Å². The molecule has 0 bridgehead atoms. The Labute approximate surface area is 87.9 Å². The molecule has 1 aromatic rings. The van der Waals surface area contributed by atoms with Crippen LogP contribution in [0.4, 0.5) is 5.82 Å². The predicted molar refractivity (Wildman–Crippen MR) is 54.9 cm³/mol. The number of carbonyl (C=O) groups excluding carboxylic acids is 1. The smallest absolute Gasteiger partial charge is 0.232 e. The van der Waals surface area contributed by atoms with Gasteiger partial charge in [0.05, 0.1) is 6.42 Å². The highest BCUT2D eigenvalue weighted by atomic mass is 16.5. The number of ether oxygens (including phenoxy) is 1. The van der Waals surface area contributed by atoms with Crippen molar-refractivity contribution < 1.29 is 9.53 Å². The van der Waals surface area contributed by atoms with Gasteiger partial charge in [-0.1, -0.05) is 0 Å². The van der Waals surface area contributed by atoms with Crippen molar-refractivity contribution in [3.63, 3.8) is 0 Å². The fraction of sp³-hybridized carbons (Fsp3) is 0.455. The van der Waals surface area contributed by atoms with Gasteiger partial charge in [-0.2, -0.15) is 0 Å². The summed E-state index contributed by atoms with van der Waals surface area (Å²) in [5.74, 6) is 1.44. The lowest BCUT2D eigenvalue weighted by molar-refractivity contribution is -0.119. The zero-order valence-electron chi connectivity index (χ0n) is 8.56. The van der Waals surface area contributed by atoms with E-state index < -0.39 is 0 Å². The largest absolute Gasteiger partial charge is 0.483 e. The first-order chi connectivity index (χ1) is 7.20. The molecule has 4 nitrogen and oxygen atoms in total. The summed E-state index contributed by atoms with van der Waals surface area (Å²) in [5, 5.41) is 0. The fourth-order valence-electron chi connectivity index (χ4n) is 1.91. The first-order valence-corrected chi connectivity index (χ1v) is 5.11. The minimum absolute atomic E-state index is 0.0879. The number of hydrogen-bond acceptors (Lipinski definition) is 3. The summed E-state index contributed by atoms with van der Waals surface area (Å²) in [6, 6.07) is 3.70. The van der Waals surface area contributed by atoms with Gasteiger partial charge >= 0.3 is 0 Å². The van der Waals surface area contributed by atoms with E-state index in [0.29, 0.717) is 12.2 Å². The highest BCUT2D eigenvalue weighted by molar-refractivity contribution is 5.94. The molecule has 78 valence electrons. The van der Waals surface area contributed by atoms with Crippen LogP contribution in [0.1, 0.15) is 19.3 Å². The zero-order chi connectivity index (χ0) is 10.5. The third-order valence-corrected chi connectivity index (χ3v) is 3.05. The number of hydrogen-bond donors (Lipinski definition) is 0. The summed E-state index contributed by atoms with van der Waals surface area (Å²) in [6.07, 6.45) is 4.10. The molecule has 1 amide bonds. The average molecular weight is 204 g/mol. The van der Waals surface area contributed by atoms with Crippen LogP contribution in [-0.2, 0) is 4.79 Å². The second kappa shape index (κ2) is 2.72. The van der Waals surface area contributed by atoms with Crippen molar-refractivity contribution in [2.24, 2.45) is 0 Å². The van der Waals surface area contributed by atoms with E-state index in [-0.39, 0.29) is 11.5 Å².